The molecule has 0 saturated carbocycles. The molecule has 1 saturated heterocycles. The summed E-state index contributed by atoms with van der Waals surface area (Å²) in [4.78, 5) is 14.4. The molecule has 2 unspecified atom stereocenters. The third-order valence-electron chi connectivity index (χ3n) is 3.39. The lowest BCUT2D eigenvalue weighted by molar-refractivity contribution is -0.0303. The van der Waals surface area contributed by atoms with Gasteiger partial charge in [-0.05, 0) is 35.8 Å². The largest absolute Gasteiger partial charge is 0.373 e. The minimum atomic E-state index is -0.0776. The summed E-state index contributed by atoms with van der Waals surface area (Å²) in [5, 5.41) is 0. The second kappa shape index (κ2) is 6.07. The number of morpholine rings is 1. The van der Waals surface area contributed by atoms with Crippen molar-refractivity contribution < 1.29 is 9.53 Å². The maximum Gasteiger partial charge on any atom is 0.270 e. The van der Waals surface area contributed by atoms with Crippen LogP contribution in [0.1, 0.15) is 24.3 Å². The van der Waals surface area contributed by atoms with Crippen molar-refractivity contribution in [2.75, 3.05) is 19.7 Å². The van der Waals surface area contributed by atoms with Gasteiger partial charge in [0.1, 0.15) is 5.69 Å². The van der Waals surface area contributed by atoms with Crippen LogP contribution in [0, 0.1) is 0 Å². The molecule has 1 fully saturated rings. The van der Waals surface area contributed by atoms with Gasteiger partial charge in [0.05, 0.1) is 12.7 Å². The Morgan fingerprint density at radius 3 is 3.05 bits per heavy atom. The van der Waals surface area contributed by atoms with Gasteiger partial charge in [0.15, 0.2) is 0 Å². The topological polar surface area (TPSA) is 60.5 Å². The van der Waals surface area contributed by atoms with Gasteiger partial charge in [-0.1, -0.05) is 0 Å². The molecule has 1 aliphatic rings. The zero-order valence-corrected chi connectivity index (χ0v) is 12.9. The molecule has 1 aromatic heterocycles. The van der Waals surface area contributed by atoms with Gasteiger partial charge < -0.3 is 19.9 Å². The number of hydrogen-bond acceptors (Lipinski definition) is 3. The average molecular weight is 330 g/mol. The summed E-state index contributed by atoms with van der Waals surface area (Å²) in [5.74, 6) is 0.0431. The number of ether oxygens (including phenoxy) is 1. The number of carbonyl (C=O) groups excluding carboxylic acids is 1. The molecule has 6 heteroatoms. The quantitative estimate of drug-likeness (QED) is 0.913. The van der Waals surface area contributed by atoms with E-state index in [0.717, 1.165) is 11.0 Å². The highest BCUT2D eigenvalue weighted by atomic mass is 79.9. The van der Waals surface area contributed by atoms with Crippen LogP contribution >= 0.6 is 15.9 Å². The van der Waals surface area contributed by atoms with Crippen molar-refractivity contribution in [1.29, 1.82) is 0 Å². The second-order valence-corrected chi connectivity index (χ2v) is 5.76. The van der Waals surface area contributed by atoms with Crippen LogP contribution in [0.4, 0.5) is 0 Å². The summed E-state index contributed by atoms with van der Waals surface area (Å²) in [6.07, 6.45) is 1.85. The first-order valence-electron chi connectivity index (χ1n) is 6.55. The second-order valence-electron chi connectivity index (χ2n) is 4.85. The highest BCUT2D eigenvalue weighted by Gasteiger charge is 2.28. The van der Waals surface area contributed by atoms with Gasteiger partial charge in [0.25, 0.3) is 5.91 Å². The van der Waals surface area contributed by atoms with Crippen LogP contribution in [-0.2, 0) is 11.3 Å². The predicted octanol–water partition coefficient (Wildman–Crippen LogP) is 1.46. The third-order valence-corrected chi connectivity index (χ3v) is 3.82. The number of nitrogens with zero attached hydrogens (tertiary/aromatic N) is 2. The van der Waals surface area contributed by atoms with Gasteiger partial charge in [-0.15, -0.1) is 0 Å². The van der Waals surface area contributed by atoms with Crippen molar-refractivity contribution in [3.05, 3.63) is 22.4 Å². The first-order valence-corrected chi connectivity index (χ1v) is 7.34. The van der Waals surface area contributed by atoms with Crippen LogP contribution in [-0.4, -0.2) is 47.2 Å². The molecule has 1 aliphatic heterocycles. The molecule has 1 aromatic rings. The summed E-state index contributed by atoms with van der Waals surface area (Å²) >= 11 is 3.41. The third kappa shape index (κ3) is 3.19. The van der Waals surface area contributed by atoms with Gasteiger partial charge in [-0.25, -0.2) is 0 Å². The molecule has 19 heavy (non-hydrogen) atoms. The Labute approximate surface area is 121 Å². The molecule has 0 spiro atoms. The molecule has 1 amide bonds. The molecule has 2 rings (SSSR count). The molecule has 0 radical (unpaired) electrons. The molecule has 2 atom stereocenters. The summed E-state index contributed by atoms with van der Waals surface area (Å²) in [6.45, 7) is 6.43. The number of nitrogens with two attached hydrogens (primary N) is 1. The number of amides is 1. The molecule has 0 bridgehead atoms. The molecular weight excluding hydrogens is 310 g/mol. The van der Waals surface area contributed by atoms with E-state index < -0.39 is 0 Å². The monoisotopic (exact) mass is 329 g/mol. The maximum absolute atomic E-state index is 12.5. The van der Waals surface area contributed by atoms with E-state index in [1.54, 1.807) is 0 Å². The van der Waals surface area contributed by atoms with E-state index in [1.165, 1.54) is 0 Å². The zero-order valence-electron chi connectivity index (χ0n) is 11.3. The van der Waals surface area contributed by atoms with Gasteiger partial charge in [-0.3, -0.25) is 4.79 Å². The first kappa shape index (κ1) is 14.6. The molecule has 2 heterocycles. The molecule has 0 aliphatic carbocycles. The van der Waals surface area contributed by atoms with E-state index in [1.807, 2.05) is 35.6 Å². The van der Waals surface area contributed by atoms with Crippen molar-refractivity contribution in [2.45, 2.75) is 32.5 Å². The van der Waals surface area contributed by atoms with Crippen LogP contribution in [0.25, 0.3) is 0 Å². The molecule has 0 aromatic carbocycles. The molecule has 106 valence electrons. The Balaban J connectivity index is 2.14. The lowest BCUT2D eigenvalue weighted by Crippen LogP contribution is -2.51. The lowest BCUT2D eigenvalue weighted by atomic mass is 10.1. The van der Waals surface area contributed by atoms with Crippen molar-refractivity contribution in [2.24, 2.45) is 5.73 Å². The fourth-order valence-electron chi connectivity index (χ4n) is 2.26. The standard InChI is InChI=1S/C13H20BrN3O2/c1-3-16-7-10(14)6-11(16)13(18)17-4-5-19-12(8-17)9(2)15/h6-7,9,12H,3-5,8,15H2,1-2H3. The van der Waals surface area contributed by atoms with Crippen molar-refractivity contribution in [3.8, 4) is 0 Å². The summed E-state index contributed by atoms with van der Waals surface area (Å²) in [6, 6.07) is 1.79. The van der Waals surface area contributed by atoms with E-state index >= 15 is 0 Å². The maximum atomic E-state index is 12.5. The van der Waals surface area contributed by atoms with Crippen molar-refractivity contribution >= 4 is 21.8 Å². The lowest BCUT2D eigenvalue weighted by Gasteiger charge is -2.34. The summed E-state index contributed by atoms with van der Waals surface area (Å²) in [5.41, 5.74) is 6.56. The van der Waals surface area contributed by atoms with Crippen molar-refractivity contribution in [1.82, 2.24) is 9.47 Å². The van der Waals surface area contributed by atoms with Gasteiger partial charge >= 0.3 is 0 Å². The highest BCUT2D eigenvalue weighted by Crippen LogP contribution is 2.18. The zero-order chi connectivity index (χ0) is 14.0. The van der Waals surface area contributed by atoms with Crippen LogP contribution in [0.15, 0.2) is 16.7 Å². The molecule has 5 nitrogen and oxygen atoms in total. The fourth-order valence-corrected chi connectivity index (χ4v) is 2.72. The fraction of sp³-hybridized carbons (Fsp3) is 0.615. The Morgan fingerprint density at radius 2 is 2.42 bits per heavy atom. The summed E-state index contributed by atoms with van der Waals surface area (Å²) in [7, 11) is 0. The SMILES string of the molecule is CCn1cc(Br)cc1C(=O)N1CCOC(C(C)N)C1. The number of rotatable bonds is 3. The minimum absolute atomic E-state index is 0.0431. The van der Waals surface area contributed by atoms with Crippen LogP contribution in [0.5, 0.6) is 0 Å². The van der Waals surface area contributed by atoms with Crippen LogP contribution in [0.2, 0.25) is 0 Å². The van der Waals surface area contributed by atoms with Gasteiger partial charge in [0, 0.05) is 36.3 Å². The Hall–Kier alpha value is -0.850. The Morgan fingerprint density at radius 1 is 1.68 bits per heavy atom. The summed E-state index contributed by atoms with van der Waals surface area (Å²) < 4.78 is 8.46. The minimum Gasteiger partial charge on any atom is -0.373 e. The van der Waals surface area contributed by atoms with Gasteiger partial charge in [0.2, 0.25) is 0 Å². The van der Waals surface area contributed by atoms with E-state index in [2.05, 4.69) is 15.9 Å². The van der Waals surface area contributed by atoms with E-state index in [4.69, 9.17) is 10.5 Å². The van der Waals surface area contributed by atoms with Crippen LogP contribution in [0.3, 0.4) is 0 Å². The number of aryl methyl sites for hydroxylation is 1. The number of aromatic nitrogens is 1. The van der Waals surface area contributed by atoms with Gasteiger partial charge in [-0.2, -0.15) is 0 Å². The normalized spacial score (nSPS) is 21.5. The molecular formula is C13H20BrN3O2. The number of hydrogen-bond donors (Lipinski definition) is 1. The van der Waals surface area contributed by atoms with E-state index in [-0.39, 0.29) is 18.1 Å². The smallest absolute Gasteiger partial charge is 0.270 e. The highest BCUT2D eigenvalue weighted by molar-refractivity contribution is 9.10. The Kier molecular flexibility index (Phi) is 4.65. The van der Waals surface area contributed by atoms with E-state index in [0.29, 0.717) is 25.4 Å². The Bertz CT molecular complexity index is 459. The van der Waals surface area contributed by atoms with E-state index in [9.17, 15) is 4.79 Å². The number of halogens is 1. The molecule has 2 N–H and O–H groups in total. The van der Waals surface area contributed by atoms with Crippen LogP contribution < -0.4 is 5.73 Å². The first-order chi connectivity index (χ1) is 9.02. The predicted molar refractivity (Wildman–Crippen MR) is 77.1 cm³/mol. The average Bonchev–Trinajstić information content (AvgIpc) is 2.79. The van der Waals surface area contributed by atoms with Crippen molar-refractivity contribution in [3.63, 3.8) is 0 Å². The number of carbonyl (C=O) groups is 1.